The number of nitrogens with two attached hydrogens (primary N) is 1. The van der Waals surface area contributed by atoms with Crippen molar-refractivity contribution >= 4 is 16.8 Å². The van der Waals surface area contributed by atoms with Gasteiger partial charge in [0.2, 0.25) is 5.91 Å². The molecule has 0 unspecified atom stereocenters. The smallest absolute Gasteiger partial charge is 0.328 e. The second-order valence-electron chi connectivity index (χ2n) is 7.30. The lowest BCUT2D eigenvalue weighted by Gasteiger charge is -2.21. The van der Waals surface area contributed by atoms with Crippen molar-refractivity contribution in [2.75, 3.05) is 13.1 Å². The summed E-state index contributed by atoms with van der Waals surface area (Å²) in [6.45, 7) is 5.92. The fourth-order valence-corrected chi connectivity index (χ4v) is 3.68. The minimum atomic E-state index is -0.396. The third-order valence-corrected chi connectivity index (χ3v) is 5.19. The molecular weight excluding hydrogens is 332 g/mol. The van der Waals surface area contributed by atoms with Crippen molar-refractivity contribution in [2.24, 2.45) is 5.73 Å². The Morgan fingerprint density at radius 1 is 1.31 bits per heavy atom. The van der Waals surface area contributed by atoms with Crippen LogP contribution >= 0.6 is 0 Å². The lowest BCUT2D eigenvalue weighted by molar-refractivity contribution is -0.122. The number of aromatic nitrogens is 2. The van der Waals surface area contributed by atoms with Crippen molar-refractivity contribution in [1.82, 2.24) is 14.5 Å². The Balaban J connectivity index is 1.80. The largest absolute Gasteiger partial charge is 0.368 e. The Labute approximate surface area is 151 Å². The molecule has 1 aromatic carbocycles. The zero-order valence-electron chi connectivity index (χ0n) is 15.3. The van der Waals surface area contributed by atoms with E-state index in [1.807, 2.05) is 17.0 Å². The van der Waals surface area contributed by atoms with Crippen LogP contribution in [0.15, 0.2) is 27.8 Å². The first-order valence-electron chi connectivity index (χ1n) is 9.18. The summed E-state index contributed by atoms with van der Waals surface area (Å²) in [6, 6.07) is 5.36. The number of primary amides is 1. The quantitative estimate of drug-likeness (QED) is 0.809. The number of aromatic amines is 1. The Morgan fingerprint density at radius 2 is 2.08 bits per heavy atom. The molecule has 26 heavy (non-hydrogen) atoms. The molecule has 1 aromatic heterocycles. The van der Waals surface area contributed by atoms with Gasteiger partial charge in [0.25, 0.3) is 5.56 Å². The lowest BCUT2D eigenvalue weighted by Crippen LogP contribution is -2.41. The predicted octanol–water partition coefficient (Wildman–Crippen LogP) is 1.15. The van der Waals surface area contributed by atoms with Crippen LogP contribution in [0.4, 0.5) is 0 Å². The maximum absolute atomic E-state index is 12.8. The molecule has 1 saturated heterocycles. The average Bonchev–Trinajstić information content (AvgIpc) is 3.06. The SMILES string of the molecule is CC(C)c1ccc2[nH]c(=O)n(CCCN3CCC[C@H]3C(N)=O)c(=O)c2c1. The molecule has 0 radical (unpaired) electrons. The average molecular weight is 358 g/mol. The van der Waals surface area contributed by atoms with Gasteiger partial charge in [-0.3, -0.25) is 19.1 Å². The van der Waals surface area contributed by atoms with Gasteiger partial charge in [-0.1, -0.05) is 19.9 Å². The molecule has 1 amide bonds. The van der Waals surface area contributed by atoms with Crippen molar-refractivity contribution < 1.29 is 4.79 Å². The molecule has 1 atom stereocenters. The highest BCUT2D eigenvalue weighted by molar-refractivity contribution is 5.80. The van der Waals surface area contributed by atoms with Gasteiger partial charge in [0.1, 0.15) is 0 Å². The molecule has 1 aliphatic rings. The Morgan fingerprint density at radius 3 is 2.77 bits per heavy atom. The van der Waals surface area contributed by atoms with Crippen LogP contribution in [0, 0.1) is 0 Å². The van der Waals surface area contributed by atoms with Crippen LogP contribution in [-0.4, -0.2) is 39.5 Å². The van der Waals surface area contributed by atoms with Gasteiger partial charge in [-0.2, -0.15) is 0 Å². The molecule has 3 N–H and O–H groups in total. The van der Waals surface area contributed by atoms with Crippen LogP contribution < -0.4 is 17.0 Å². The number of carbonyl (C=O) groups is 1. The van der Waals surface area contributed by atoms with E-state index < -0.39 is 5.69 Å². The van der Waals surface area contributed by atoms with Crippen molar-refractivity contribution in [1.29, 1.82) is 0 Å². The highest BCUT2D eigenvalue weighted by atomic mass is 16.2. The van der Waals surface area contributed by atoms with Gasteiger partial charge < -0.3 is 10.7 Å². The summed E-state index contributed by atoms with van der Waals surface area (Å²) in [7, 11) is 0. The number of hydrogen-bond acceptors (Lipinski definition) is 4. The standard InChI is InChI=1S/C19H26N4O3/c1-12(2)13-6-7-15-14(11-13)18(25)23(19(26)21-15)10-4-9-22-8-3-5-16(22)17(20)24/h6-7,11-12,16H,3-5,8-10H2,1-2H3,(H2,20,24)(H,21,26)/t16-/m0/s1. The summed E-state index contributed by atoms with van der Waals surface area (Å²) < 4.78 is 1.25. The Kier molecular flexibility index (Phi) is 5.27. The number of amides is 1. The number of rotatable bonds is 6. The summed E-state index contributed by atoms with van der Waals surface area (Å²) in [5.74, 6) is 0.00418. The van der Waals surface area contributed by atoms with Crippen LogP contribution in [0.2, 0.25) is 0 Å². The van der Waals surface area contributed by atoms with E-state index in [0.29, 0.717) is 36.3 Å². The number of H-pyrrole nitrogens is 1. The number of nitrogens with zero attached hydrogens (tertiary/aromatic N) is 2. The lowest BCUT2D eigenvalue weighted by atomic mass is 10.0. The first kappa shape index (κ1) is 18.4. The Bertz CT molecular complexity index is 929. The molecular formula is C19H26N4O3. The Hall–Kier alpha value is -2.41. The van der Waals surface area contributed by atoms with Gasteiger partial charge in [0, 0.05) is 13.1 Å². The van der Waals surface area contributed by atoms with Gasteiger partial charge in [-0.15, -0.1) is 0 Å². The maximum Gasteiger partial charge on any atom is 0.328 e. The molecule has 7 heteroatoms. The number of hydrogen-bond donors (Lipinski definition) is 2. The minimum absolute atomic E-state index is 0.227. The van der Waals surface area contributed by atoms with Gasteiger partial charge >= 0.3 is 5.69 Å². The molecule has 1 aliphatic heterocycles. The van der Waals surface area contributed by atoms with E-state index in [0.717, 1.165) is 24.9 Å². The number of fused-ring (bicyclic) bond motifs is 1. The second kappa shape index (κ2) is 7.45. The summed E-state index contributed by atoms with van der Waals surface area (Å²) in [5.41, 5.74) is 6.40. The number of carbonyl (C=O) groups excluding carboxylic acids is 1. The van der Waals surface area contributed by atoms with Gasteiger partial charge in [0.15, 0.2) is 0 Å². The zero-order chi connectivity index (χ0) is 18.8. The van der Waals surface area contributed by atoms with E-state index in [9.17, 15) is 14.4 Å². The third-order valence-electron chi connectivity index (χ3n) is 5.19. The van der Waals surface area contributed by atoms with Crippen LogP contribution in [0.3, 0.4) is 0 Å². The van der Waals surface area contributed by atoms with E-state index in [-0.39, 0.29) is 17.5 Å². The van der Waals surface area contributed by atoms with Crippen LogP contribution in [0.5, 0.6) is 0 Å². The fraction of sp³-hybridized carbons (Fsp3) is 0.526. The monoisotopic (exact) mass is 358 g/mol. The first-order chi connectivity index (χ1) is 12.4. The molecule has 2 aromatic rings. The highest BCUT2D eigenvalue weighted by Crippen LogP contribution is 2.18. The normalized spacial score (nSPS) is 18.0. The van der Waals surface area contributed by atoms with Crippen LogP contribution in [-0.2, 0) is 11.3 Å². The first-order valence-corrected chi connectivity index (χ1v) is 9.18. The molecule has 0 spiro atoms. The maximum atomic E-state index is 12.8. The van der Waals surface area contributed by atoms with Gasteiger partial charge in [-0.25, -0.2) is 4.79 Å². The van der Waals surface area contributed by atoms with Crippen LogP contribution in [0.1, 0.15) is 44.6 Å². The van der Waals surface area contributed by atoms with E-state index in [1.165, 1.54) is 4.57 Å². The summed E-state index contributed by atoms with van der Waals surface area (Å²) in [4.78, 5) is 41.4. The molecule has 0 saturated carbocycles. The number of benzene rings is 1. The van der Waals surface area contributed by atoms with Gasteiger partial charge in [0.05, 0.1) is 16.9 Å². The third kappa shape index (κ3) is 3.58. The van der Waals surface area contributed by atoms with Gasteiger partial charge in [-0.05, 0) is 49.4 Å². The number of nitrogens with one attached hydrogen (secondary N) is 1. The van der Waals surface area contributed by atoms with Crippen molar-refractivity contribution in [2.45, 2.75) is 51.6 Å². The highest BCUT2D eigenvalue weighted by Gasteiger charge is 2.28. The topological polar surface area (TPSA) is 101 Å². The molecule has 0 aliphatic carbocycles. The molecule has 2 heterocycles. The van der Waals surface area contributed by atoms with Crippen molar-refractivity contribution in [3.63, 3.8) is 0 Å². The summed E-state index contributed by atoms with van der Waals surface area (Å²) in [6.07, 6.45) is 2.34. The molecule has 0 bridgehead atoms. The predicted molar refractivity (Wildman–Crippen MR) is 101 cm³/mol. The molecule has 1 fully saturated rings. The molecule has 7 nitrogen and oxygen atoms in total. The summed E-state index contributed by atoms with van der Waals surface area (Å²) >= 11 is 0. The fourth-order valence-electron chi connectivity index (χ4n) is 3.68. The van der Waals surface area contributed by atoms with Crippen molar-refractivity contribution in [3.8, 4) is 0 Å². The minimum Gasteiger partial charge on any atom is -0.368 e. The van der Waals surface area contributed by atoms with E-state index in [4.69, 9.17) is 5.73 Å². The molecule has 140 valence electrons. The summed E-state index contributed by atoms with van der Waals surface area (Å²) in [5, 5.41) is 0.534. The second-order valence-corrected chi connectivity index (χ2v) is 7.30. The van der Waals surface area contributed by atoms with E-state index >= 15 is 0 Å². The number of likely N-dealkylation sites (tertiary alicyclic amines) is 1. The van der Waals surface area contributed by atoms with Crippen LogP contribution in [0.25, 0.3) is 10.9 Å². The molecule has 3 rings (SSSR count). The van der Waals surface area contributed by atoms with Crippen molar-refractivity contribution in [3.05, 3.63) is 44.6 Å². The van der Waals surface area contributed by atoms with E-state index in [2.05, 4.69) is 18.8 Å². The zero-order valence-corrected chi connectivity index (χ0v) is 15.3. The van der Waals surface area contributed by atoms with E-state index in [1.54, 1.807) is 6.07 Å².